The summed E-state index contributed by atoms with van der Waals surface area (Å²) in [5.74, 6) is -3.29. The average molecular weight is 498 g/mol. The summed E-state index contributed by atoms with van der Waals surface area (Å²) in [6, 6.07) is 6.34. The van der Waals surface area contributed by atoms with Gasteiger partial charge in [-0.1, -0.05) is 24.6 Å². The van der Waals surface area contributed by atoms with Crippen LogP contribution in [0.15, 0.2) is 42.7 Å². The maximum atomic E-state index is 13.2. The van der Waals surface area contributed by atoms with Crippen molar-refractivity contribution < 1.29 is 36.7 Å². The second-order valence-electron chi connectivity index (χ2n) is 6.95. The van der Waals surface area contributed by atoms with Crippen LogP contribution in [0, 0.1) is 5.82 Å². The number of ether oxygens (including phenoxy) is 1. The normalized spacial score (nSPS) is 11.2. The van der Waals surface area contributed by atoms with E-state index in [9.17, 15) is 31.9 Å². The number of imidazole rings is 1. The fourth-order valence-corrected chi connectivity index (χ4v) is 3.29. The number of benzene rings is 2. The monoisotopic (exact) mass is 497 g/mol. The Hall–Kier alpha value is -3.73. The van der Waals surface area contributed by atoms with E-state index in [4.69, 9.17) is 11.6 Å². The zero-order valence-electron chi connectivity index (χ0n) is 17.4. The average Bonchev–Trinajstić information content (AvgIpc) is 3.24. The van der Waals surface area contributed by atoms with Crippen molar-refractivity contribution in [3.63, 3.8) is 0 Å². The third-order valence-corrected chi connectivity index (χ3v) is 4.90. The molecule has 0 unspecified atom stereocenters. The Labute approximate surface area is 195 Å². The molecule has 1 aromatic heterocycles. The molecular weight excluding hydrogens is 482 g/mol. The summed E-state index contributed by atoms with van der Waals surface area (Å²) in [4.78, 5) is 43.3. The number of ketones is 2. The Morgan fingerprint density at radius 1 is 1.12 bits per heavy atom. The summed E-state index contributed by atoms with van der Waals surface area (Å²) in [5, 5.41) is 2.17. The van der Waals surface area contributed by atoms with Gasteiger partial charge >= 0.3 is 6.36 Å². The number of nitrogens with zero attached hydrogens (tertiary/aromatic N) is 1. The van der Waals surface area contributed by atoms with E-state index in [2.05, 4.69) is 20.0 Å². The first-order valence-corrected chi connectivity index (χ1v) is 10.1. The molecule has 0 bridgehead atoms. The largest absolute Gasteiger partial charge is 0.573 e. The number of aromatic nitrogens is 2. The van der Waals surface area contributed by atoms with Crippen LogP contribution in [-0.2, 0) is 6.42 Å². The van der Waals surface area contributed by atoms with Crippen molar-refractivity contribution in [1.29, 1.82) is 0 Å². The van der Waals surface area contributed by atoms with Crippen LogP contribution in [0.25, 0.3) is 0 Å². The Morgan fingerprint density at radius 3 is 2.50 bits per heavy atom. The summed E-state index contributed by atoms with van der Waals surface area (Å²) in [6.07, 6.45) is -4.39. The lowest BCUT2D eigenvalue weighted by Crippen LogP contribution is -2.20. The highest BCUT2D eigenvalue weighted by Crippen LogP contribution is 2.31. The fraction of sp³-hybridized carbons (Fsp3) is 0.182. The number of halogens is 5. The van der Waals surface area contributed by atoms with Gasteiger partial charge in [0.05, 0.1) is 11.3 Å². The van der Waals surface area contributed by atoms with Crippen LogP contribution in [0.3, 0.4) is 0 Å². The van der Waals surface area contributed by atoms with Crippen LogP contribution in [-0.4, -0.2) is 33.8 Å². The molecule has 0 spiro atoms. The summed E-state index contributed by atoms with van der Waals surface area (Å²) in [7, 11) is 0. The molecule has 2 aromatic carbocycles. The van der Waals surface area contributed by atoms with Gasteiger partial charge in [-0.25, -0.2) is 9.37 Å². The van der Waals surface area contributed by atoms with Gasteiger partial charge in [-0.05, 0) is 24.3 Å². The third kappa shape index (κ3) is 5.98. The van der Waals surface area contributed by atoms with Gasteiger partial charge in [-0.3, -0.25) is 14.4 Å². The van der Waals surface area contributed by atoms with Crippen molar-refractivity contribution >= 4 is 34.8 Å². The van der Waals surface area contributed by atoms with Gasteiger partial charge in [0.25, 0.3) is 5.91 Å². The second-order valence-corrected chi connectivity index (χ2v) is 7.36. The first kappa shape index (κ1) is 24.9. The number of amides is 1. The Bertz CT molecular complexity index is 1260. The van der Waals surface area contributed by atoms with Crippen molar-refractivity contribution in [2.75, 3.05) is 5.32 Å². The molecule has 34 heavy (non-hydrogen) atoms. The van der Waals surface area contributed by atoms with Crippen LogP contribution in [0.1, 0.15) is 50.2 Å². The van der Waals surface area contributed by atoms with Crippen molar-refractivity contribution in [3.8, 4) is 5.75 Å². The highest BCUT2D eigenvalue weighted by molar-refractivity contribution is 6.34. The van der Waals surface area contributed by atoms with Crippen molar-refractivity contribution in [3.05, 3.63) is 76.1 Å². The minimum Gasteiger partial charge on any atom is -0.405 e. The molecule has 3 aromatic rings. The molecule has 0 saturated heterocycles. The van der Waals surface area contributed by atoms with Gasteiger partial charge in [0, 0.05) is 35.7 Å². The van der Waals surface area contributed by atoms with Crippen molar-refractivity contribution in [2.24, 2.45) is 0 Å². The molecule has 0 aliphatic rings. The molecule has 0 saturated carbocycles. The van der Waals surface area contributed by atoms with Gasteiger partial charge in [0.1, 0.15) is 23.0 Å². The fourth-order valence-electron chi connectivity index (χ4n) is 3.02. The van der Waals surface area contributed by atoms with Crippen molar-refractivity contribution in [1.82, 2.24) is 9.97 Å². The molecule has 0 fully saturated rings. The molecule has 0 aliphatic carbocycles. The number of carbonyl (C=O) groups excluding carboxylic acids is 3. The number of H-pyrrole nitrogens is 1. The number of carbonyl (C=O) groups is 3. The second kappa shape index (κ2) is 10.0. The summed E-state index contributed by atoms with van der Waals surface area (Å²) >= 11 is 5.86. The van der Waals surface area contributed by atoms with E-state index in [1.807, 2.05) is 0 Å². The molecule has 178 valence electrons. The zero-order valence-corrected chi connectivity index (χ0v) is 18.2. The first-order chi connectivity index (χ1) is 16.0. The van der Waals surface area contributed by atoms with Crippen LogP contribution in [0.5, 0.6) is 5.75 Å². The number of alkyl halides is 3. The van der Waals surface area contributed by atoms with Gasteiger partial charge in [0.15, 0.2) is 11.6 Å². The highest BCUT2D eigenvalue weighted by atomic mass is 35.5. The lowest BCUT2D eigenvalue weighted by molar-refractivity contribution is -0.274. The Balaban J connectivity index is 1.88. The predicted molar refractivity (Wildman–Crippen MR) is 114 cm³/mol. The van der Waals surface area contributed by atoms with Gasteiger partial charge < -0.3 is 15.0 Å². The summed E-state index contributed by atoms with van der Waals surface area (Å²) in [5.41, 5.74) is -0.583. The molecule has 3 rings (SSSR count). The van der Waals surface area contributed by atoms with E-state index < -0.39 is 41.8 Å². The lowest BCUT2D eigenvalue weighted by Gasteiger charge is -2.15. The van der Waals surface area contributed by atoms with Crippen molar-refractivity contribution in [2.45, 2.75) is 26.1 Å². The van der Waals surface area contributed by atoms with Crippen LogP contribution in [0.2, 0.25) is 5.02 Å². The summed E-state index contributed by atoms with van der Waals surface area (Å²) in [6.45, 7) is 1.58. The Morgan fingerprint density at radius 2 is 1.85 bits per heavy atom. The number of hydrogen-bond acceptors (Lipinski definition) is 5. The summed E-state index contributed by atoms with van der Waals surface area (Å²) < 4.78 is 56.2. The van der Waals surface area contributed by atoms with E-state index in [1.165, 1.54) is 6.07 Å². The van der Waals surface area contributed by atoms with E-state index in [-0.39, 0.29) is 39.6 Å². The molecule has 0 radical (unpaired) electrons. The molecule has 2 N–H and O–H groups in total. The van der Waals surface area contributed by atoms with E-state index >= 15 is 0 Å². The molecule has 0 atom stereocenters. The topological polar surface area (TPSA) is 101 Å². The quantitative estimate of drug-likeness (QED) is 0.322. The minimum absolute atomic E-state index is 0.0780. The number of aromatic amines is 1. The Kier molecular flexibility index (Phi) is 7.35. The minimum atomic E-state index is -5.09. The predicted octanol–water partition coefficient (Wildman–Crippen LogP) is 5.37. The molecule has 0 aliphatic heterocycles. The first-order valence-electron chi connectivity index (χ1n) is 9.73. The molecule has 12 heteroatoms. The molecule has 7 nitrogen and oxygen atoms in total. The number of hydrogen-bond donors (Lipinski definition) is 2. The van der Waals surface area contributed by atoms with Crippen LogP contribution in [0.4, 0.5) is 23.2 Å². The lowest BCUT2D eigenvalue weighted by atomic mass is 10.0. The number of nitrogens with one attached hydrogen (secondary N) is 2. The zero-order chi connectivity index (χ0) is 25.0. The maximum absolute atomic E-state index is 13.2. The molecule has 1 heterocycles. The van der Waals surface area contributed by atoms with Gasteiger partial charge in [-0.15, -0.1) is 13.2 Å². The smallest absolute Gasteiger partial charge is 0.405 e. The maximum Gasteiger partial charge on any atom is 0.573 e. The standard InChI is InChI=1S/C22H16ClF4N3O4/c1-2-16(31)19-20(29-10-28-19)21(33)30-13-5-3-11(18(9-13)34-22(25,26)27)7-17(32)14-6-4-12(24)8-15(14)23/h3-6,8-10H,2,7H2,1H3,(H,28,29)(H,30,33). The van der Waals surface area contributed by atoms with Crippen LogP contribution < -0.4 is 10.1 Å². The highest BCUT2D eigenvalue weighted by Gasteiger charge is 2.33. The van der Waals surface area contributed by atoms with Crippen LogP contribution >= 0.6 is 11.6 Å². The van der Waals surface area contributed by atoms with E-state index in [1.54, 1.807) is 6.92 Å². The SMILES string of the molecule is CCC(=O)c1nc[nH]c1C(=O)Nc1ccc(CC(=O)c2ccc(F)cc2Cl)c(OC(F)(F)F)c1. The number of Topliss-reactive ketones (excluding diaryl/α,β-unsaturated/α-hetero) is 2. The molecule has 1 amide bonds. The number of rotatable bonds is 8. The van der Waals surface area contributed by atoms with E-state index in [0.29, 0.717) is 0 Å². The number of anilines is 1. The van der Waals surface area contributed by atoms with Gasteiger partial charge in [-0.2, -0.15) is 0 Å². The van der Waals surface area contributed by atoms with Gasteiger partial charge in [0.2, 0.25) is 0 Å². The molecular formula is C22H16ClF4N3O4. The third-order valence-electron chi connectivity index (χ3n) is 4.58. The van der Waals surface area contributed by atoms with E-state index in [0.717, 1.165) is 36.7 Å².